The van der Waals surface area contributed by atoms with E-state index in [-0.39, 0.29) is 0 Å². The highest BCUT2D eigenvalue weighted by molar-refractivity contribution is 9.10. The van der Waals surface area contributed by atoms with Gasteiger partial charge in [0.25, 0.3) is 0 Å². The highest BCUT2D eigenvalue weighted by Crippen LogP contribution is 2.48. The van der Waals surface area contributed by atoms with Crippen LogP contribution >= 0.6 is 15.9 Å². The number of ether oxygens (including phenoxy) is 2. The standard InChI is InChI=1S/C11H14BrNO.C11H17NO2.C10H19N.C9H13N/c12-10-3-1-9(2-4-10)11(14)5-7-13-8-6-11;1-12-7-6-9-4-5-10(13-2)11(8-9)14-3;1-9(2)4-8-5-10(3,6-9)7-11-8;1-8(10-2)9-6-4-3-5-7-9/h1-4,13-14H,5-8H2;4-5,8,12H,6-7H2,1-3H3;8,11H,4-7H2,1-3H3;3-8,10H,1-2H3/t;;;8-/m...0/s1. The lowest BCUT2D eigenvalue weighted by atomic mass is 9.65. The number of nitrogens with one attached hydrogen (secondary N) is 4. The lowest BCUT2D eigenvalue weighted by Crippen LogP contribution is -2.39. The number of methoxy groups -OCH3 is 2. The predicted octanol–water partition coefficient (Wildman–Crippen LogP) is 7.63. The average Bonchev–Trinajstić information content (AvgIpc) is 3.40. The zero-order chi connectivity index (χ0) is 35.9. The van der Waals surface area contributed by atoms with Crippen LogP contribution < -0.4 is 30.7 Å². The molecule has 272 valence electrons. The number of halogens is 1. The van der Waals surface area contributed by atoms with E-state index in [1.807, 2.05) is 56.6 Å². The molecule has 3 aromatic carbocycles. The van der Waals surface area contributed by atoms with Crippen molar-refractivity contribution in [2.24, 2.45) is 10.8 Å². The molecule has 2 bridgehead atoms. The Kier molecular flexibility index (Phi) is 16.6. The summed E-state index contributed by atoms with van der Waals surface area (Å²) in [6.45, 7) is 13.4. The SMILES string of the molecule is CC1(C)CC2CC(C)(CN2)C1.CNCCc1ccc(OC)c(OC)c1.CN[C@@H](C)c1ccccc1.OC1(c2ccc(Br)cc2)CCNCC1. The summed E-state index contributed by atoms with van der Waals surface area (Å²) < 4.78 is 11.4. The number of likely N-dealkylation sites (N-methyl/N-ethyl adjacent to an activating group) is 1. The van der Waals surface area contributed by atoms with Crippen LogP contribution in [0.2, 0.25) is 0 Å². The molecule has 3 fully saturated rings. The fraction of sp³-hybridized carbons (Fsp3) is 0.561. The van der Waals surface area contributed by atoms with E-state index in [2.05, 4.69) is 95.2 Å². The van der Waals surface area contributed by atoms with Crippen molar-refractivity contribution in [2.45, 2.75) is 83.9 Å². The van der Waals surface area contributed by atoms with Gasteiger partial charge in [-0.25, -0.2) is 0 Å². The van der Waals surface area contributed by atoms with E-state index in [0.717, 1.165) is 66.5 Å². The van der Waals surface area contributed by atoms with Gasteiger partial charge in [-0.05, 0) is 131 Å². The topological polar surface area (TPSA) is 86.8 Å². The first-order chi connectivity index (χ1) is 23.4. The van der Waals surface area contributed by atoms with Crippen LogP contribution in [0.5, 0.6) is 11.5 Å². The monoisotopic (exact) mass is 738 g/mol. The number of rotatable bonds is 8. The van der Waals surface area contributed by atoms with Crippen LogP contribution in [0, 0.1) is 10.8 Å². The van der Waals surface area contributed by atoms with Crippen LogP contribution in [0.4, 0.5) is 0 Å². The van der Waals surface area contributed by atoms with Gasteiger partial charge in [0.1, 0.15) is 0 Å². The van der Waals surface area contributed by atoms with Gasteiger partial charge in [0, 0.05) is 23.1 Å². The molecule has 2 unspecified atom stereocenters. The third-order valence-corrected chi connectivity index (χ3v) is 10.4. The molecule has 1 aliphatic carbocycles. The van der Waals surface area contributed by atoms with Gasteiger partial charge in [0.05, 0.1) is 19.8 Å². The molecule has 0 spiro atoms. The molecule has 2 aliphatic heterocycles. The van der Waals surface area contributed by atoms with Gasteiger partial charge in [-0.15, -0.1) is 0 Å². The van der Waals surface area contributed by atoms with Crippen molar-refractivity contribution >= 4 is 15.9 Å². The maximum Gasteiger partial charge on any atom is 0.160 e. The summed E-state index contributed by atoms with van der Waals surface area (Å²) in [6, 6.07) is 25.6. The number of hydrogen-bond acceptors (Lipinski definition) is 7. The molecule has 2 heterocycles. The number of benzene rings is 3. The Morgan fingerprint density at radius 3 is 2.12 bits per heavy atom. The number of hydrogen-bond donors (Lipinski definition) is 5. The van der Waals surface area contributed by atoms with Crippen molar-refractivity contribution in [2.75, 3.05) is 54.5 Å². The minimum Gasteiger partial charge on any atom is -0.493 e. The highest BCUT2D eigenvalue weighted by atomic mass is 79.9. The smallest absolute Gasteiger partial charge is 0.160 e. The van der Waals surface area contributed by atoms with Gasteiger partial charge in [0.2, 0.25) is 0 Å². The van der Waals surface area contributed by atoms with Crippen LogP contribution in [0.15, 0.2) is 77.3 Å². The van der Waals surface area contributed by atoms with Crippen molar-refractivity contribution < 1.29 is 14.6 Å². The summed E-state index contributed by atoms with van der Waals surface area (Å²) in [5.41, 5.74) is 4.20. The second-order valence-corrected chi connectivity index (χ2v) is 15.8. The molecule has 49 heavy (non-hydrogen) atoms. The van der Waals surface area contributed by atoms with Crippen LogP contribution in [-0.2, 0) is 12.0 Å². The van der Waals surface area contributed by atoms with Crippen molar-refractivity contribution in [1.29, 1.82) is 0 Å². The molecule has 7 nitrogen and oxygen atoms in total. The maximum atomic E-state index is 10.4. The average molecular weight is 740 g/mol. The minimum atomic E-state index is -0.619. The van der Waals surface area contributed by atoms with Gasteiger partial charge in [0.15, 0.2) is 11.5 Å². The maximum absolute atomic E-state index is 10.4. The molecule has 6 rings (SSSR count). The lowest BCUT2D eigenvalue weighted by Gasteiger charge is -2.39. The van der Waals surface area contributed by atoms with E-state index in [0.29, 0.717) is 16.9 Å². The number of piperidine rings is 1. The summed E-state index contributed by atoms with van der Waals surface area (Å²) in [5, 5.41) is 23.5. The molecule has 3 atom stereocenters. The fourth-order valence-electron chi connectivity index (χ4n) is 7.41. The first-order valence-corrected chi connectivity index (χ1v) is 18.7. The van der Waals surface area contributed by atoms with E-state index in [1.165, 1.54) is 36.9 Å². The van der Waals surface area contributed by atoms with E-state index in [1.54, 1.807) is 14.2 Å². The van der Waals surface area contributed by atoms with E-state index in [4.69, 9.17) is 9.47 Å². The van der Waals surface area contributed by atoms with Crippen molar-refractivity contribution in [3.8, 4) is 11.5 Å². The third-order valence-electron chi connectivity index (χ3n) is 9.92. The van der Waals surface area contributed by atoms with Crippen molar-refractivity contribution in [1.82, 2.24) is 21.3 Å². The highest BCUT2D eigenvalue weighted by Gasteiger charge is 2.45. The van der Waals surface area contributed by atoms with Crippen LogP contribution in [-0.4, -0.2) is 65.6 Å². The molecule has 3 aromatic rings. The van der Waals surface area contributed by atoms with Crippen LogP contribution in [0.3, 0.4) is 0 Å². The van der Waals surface area contributed by atoms with Gasteiger partial charge >= 0.3 is 0 Å². The quantitative estimate of drug-likeness (QED) is 0.163. The largest absolute Gasteiger partial charge is 0.493 e. The molecular weight excluding hydrogens is 676 g/mol. The number of fused-ring (bicyclic) bond motifs is 2. The van der Waals surface area contributed by atoms with Crippen molar-refractivity contribution in [3.63, 3.8) is 0 Å². The Labute approximate surface area is 305 Å². The first-order valence-electron chi connectivity index (χ1n) is 17.9. The zero-order valence-corrected chi connectivity index (χ0v) is 32.9. The molecule has 0 aromatic heterocycles. The van der Waals surface area contributed by atoms with Gasteiger partial charge < -0.3 is 35.8 Å². The van der Waals surface area contributed by atoms with Gasteiger partial charge in [-0.3, -0.25) is 0 Å². The molecular formula is C41H63BrN4O3. The first kappa shape index (κ1) is 41.0. The Balaban J connectivity index is 0.000000179. The molecule has 5 N–H and O–H groups in total. The molecule has 1 saturated carbocycles. The molecule has 0 radical (unpaired) electrons. The number of aliphatic hydroxyl groups is 1. The molecule has 8 heteroatoms. The summed E-state index contributed by atoms with van der Waals surface area (Å²) >= 11 is 3.39. The van der Waals surface area contributed by atoms with Gasteiger partial charge in [-0.1, -0.05) is 85.2 Å². The van der Waals surface area contributed by atoms with E-state index in [9.17, 15) is 5.11 Å². The third kappa shape index (κ3) is 13.3. The predicted molar refractivity (Wildman–Crippen MR) is 209 cm³/mol. The van der Waals surface area contributed by atoms with E-state index < -0.39 is 5.60 Å². The zero-order valence-electron chi connectivity index (χ0n) is 31.3. The Morgan fingerprint density at radius 1 is 0.898 bits per heavy atom. The van der Waals surface area contributed by atoms with Crippen LogP contribution in [0.25, 0.3) is 0 Å². The Hall–Kier alpha value is -2.46. The van der Waals surface area contributed by atoms with Crippen LogP contribution in [0.1, 0.15) is 82.5 Å². The molecule has 3 aliphatic rings. The summed E-state index contributed by atoms with van der Waals surface area (Å²) in [5.74, 6) is 1.57. The normalized spacial score (nSPS) is 22.1. The lowest BCUT2D eigenvalue weighted by molar-refractivity contribution is 0.00593. The van der Waals surface area contributed by atoms with Crippen molar-refractivity contribution in [3.05, 3.63) is 94.0 Å². The Bertz CT molecular complexity index is 1360. The minimum absolute atomic E-state index is 0.459. The molecule has 2 saturated heterocycles. The summed E-state index contributed by atoms with van der Waals surface area (Å²) in [7, 11) is 7.21. The van der Waals surface area contributed by atoms with Gasteiger partial charge in [-0.2, -0.15) is 0 Å². The second kappa shape index (κ2) is 19.8. The Morgan fingerprint density at radius 2 is 1.55 bits per heavy atom. The fourth-order valence-corrected chi connectivity index (χ4v) is 7.67. The summed E-state index contributed by atoms with van der Waals surface area (Å²) in [4.78, 5) is 0. The molecule has 0 amide bonds. The summed E-state index contributed by atoms with van der Waals surface area (Å²) in [6.07, 6.45) is 6.79. The van der Waals surface area contributed by atoms with E-state index >= 15 is 0 Å². The second-order valence-electron chi connectivity index (χ2n) is 14.9.